The van der Waals surface area contributed by atoms with E-state index in [1.54, 1.807) is 0 Å². The first-order valence-corrected chi connectivity index (χ1v) is 6.73. The van der Waals surface area contributed by atoms with Crippen LogP contribution in [-0.2, 0) is 14.2 Å². The Hall–Kier alpha value is -1.01. The molecule has 9 unspecified atom stereocenters. The van der Waals surface area contributed by atoms with Crippen LogP contribution in [0.25, 0.3) is 0 Å². The van der Waals surface area contributed by atoms with Crippen molar-refractivity contribution in [3.05, 3.63) is 0 Å². The third-order valence-corrected chi connectivity index (χ3v) is 5.44. The number of ether oxygens (including phenoxy) is 3. The van der Waals surface area contributed by atoms with Crippen molar-refractivity contribution >= 4 is 5.96 Å². The molecule has 6 rings (SSSR count). The molecule has 1 aliphatic carbocycles. The van der Waals surface area contributed by atoms with E-state index >= 15 is 0 Å². The number of nitrogens with zero attached hydrogens (tertiary/aromatic N) is 1. The summed E-state index contributed by atoms with van der Waals surface area (Å²) in [5.74, 6) is -2.66. The van der Waals surface area contributed by atoms with Crippen LogP contribution in [0.15, 0.2) is 4.99 Å². The number of rotatable bonds is 1. The standard InChI is InChI=1S/C11H15N3O7/c12-8-13-6-2-4-9(17,1-15)5-3(16)10(2,14-8)7(19-6)11(18,20-4)21-5/h2-7,15-18H,1H2,(H3,12,13,14). The van der Waals surface area contributed by atoms with Crippen LogP contribution < -0.4 is 11.1 Å². The van der Waals surface area contributed by atoms with Gasteiger partial charge < -0.3 is 45.7 Å². The minimum Gasteiger partial charge on any atom is -0.393 e. The monoisotopic (exact) mass is 301 g/mol. The van der Waals surface area contributed by atoms with Gasteiger partial charge in [0.05, 0.1) is 12.5 Å². The van der Waals surface area contributed by atoms with E-state index in [-0.39, 0.29) is 5.96 Å². The van der Waals surface area contributed by atoms with Crippen LogP contribution in [-0.4, -0.2) is 80.7 Å². The van der Waals surface area contributed by atoms with Crippen LogP contribution in [0.4, 0.5) is 0 Å². The van der Waals surface area contributed by atoms with Crippen molar-refractivity contribution in [1.29, 1.82) is 0 Å². The molecular weight excluding hydrogens is 286 g/mol. The molecule has 1 saturated carbocycles. The normalized spacial score (nSPS) is 66.2. The summed E-state index contributed by atoms with van der Waals surface area (Å²) in [7, 11) is 0. The predicted molar refractivity (Wildman–Crippen MR) is 62.4 cm³/mol. The lowest BCUT2D eigenvalue weighted by Gasteiger charge is -2.68. The molecule has 5 fully saturated rings. The van der Waals surface area contributed by atoms with Crippen LogP contribution in [0.2, 0.25) is 0 Å². The van der Waals surface area contributed by atoms with Crippen molar-refractivity contribution in [3.63, 3.8) is 0 Å². The highest BCUT2D eigenvalue weighted by Crippen LogP contribution is 2.63. The van der Waals surface area contributed by atoms with Gasteiger partial charge in [-0.15, -0.1) is 0 Å². The Kier molecular flexibility index (Phi) is 1.89. The first kappa shape index (κ1) is 12.5. The molecule has 6 aliphatic rings. The van der Waals surface area contributed by atoms with Crippen molar-refractivity contribution in [2.24, 2.45) is 16.6 Å². The fourth-order valence-electron chi connectivity index (χ4n) is 4.65. The number of nitrogens with one attached hydrogen (secondary N) is 1. The summed E-state index contributed by atoms with van der Waals surface area (Å²) < 4.78 is 16.4. The molecule has 0 radical (unpaired) electrons. The van der Waals surface area contributed by atoms with Gasteiger partial charge in [-0.1, -0.05) is 0 Å². The fraction of sp³-hybridized carbons (Fsp3) is 0.909. The fourth-order valence-corrected chi connectivity index (χ4v) is 4.65. The zero-order valence-corrected chi connectivity index (χ0v) is 10.7. The second-order valence-corrected chi connectivity index (χ2v) is 6.31. The lowest BCUT2D eigenvalue weighted by atomic mass is 9.56. The molecule has 1 spiro atoms. The summed E-state index contributed by atoms with van der Waals surface area (Å²) in [6, 6.07) is 0. The van der Waals surface area contributed by atoms with Gasteiger partial charge in [0.2, 0.25) is 0 Å². The molecule has 0 amide bonds. The van der Waals surface area contributed by atoms with E-state index in [4.69, 9.17) is 19.9 Å². The lowest BCUT2D eigenvalue weighted by Crippen LogP contribution is -2.92. The molecule has 10 heteroatoms. The van der Waals surface area contributed by atoms with E-state index in [0.29, 0.717) is 0 Å². The quantitative estimate of drug-likeness (QED) is 0.281. The molecule has 5 heterocycles. The molecular formula is C11H15N3O7. The maximum absolute atomic E-state index is 10.7. The Bertz CT molecular complexity index is 574. The number of aliphatic imine (C=N–C) groups is 1. The highest BCUT2D eigenvalue weighted by Gasteiger charge is 2.86. The highest BCUT2D eigenvalue weighted by atomic mass is 16.9. The van der Waals surface area contributed by atoms with Gasteiger partial charge in [-0.05, 0) is 0 Å². The largest absolute Gasteiger partial charge is 0.393 e. The smallest absolute Gasteiger partial charge is 0.311 e. The van der Waals surface area contributed by atoms with Gasteiger partial charge in [0, 0.05) is 0 Å². The number of guanidine groups is 1. The number of hydrogen-bond donors (Lipinski definition) is 6. The minimum absolute atomic E-state index is 0.0795. The van der Waals surface area contributed by atoms with Crippen molar-refractivity contribution in [1.82, 2.24) is 5.32 Å². The summed E-state index contributed by atoms with van der Waals surface area (Å²) in [6.45, 7) is -0.696. The van der Waals surface area contributed by atoms with E-state index in [0.717, 1.165) is 0 Å². The van der Waals surface area contributed by atoms with E-state index in [2.05, 4.69) is 10.3 Å². The second-order valence-electron chi connectivity index (χ2n) is 6.31. The SMILES string of the molecule is NC1=NC2OC3C4(O)OC5C(O)C3(N1)C2C(O4)C5(O)CO. The summed E-state index contributed by atoms with van der Waals surface area (Å²) in [4.78, 5) is 4.09. The van der Waals surface area contributed by atoms with E-state index in [9.17, 15) is 20.4 Å². The Morgan fingerprint density at radius 1 is 1.29 bits per heavy atom. The first-order valence-electron chi connectivity index (χ1n) is 6.73. The molecule has 21 heavy (non-hydrogen) atoms. The summed E-state index contributed by atoms with van der Waals surface area (Å²) in [5, 5.41) is 44.4. The topological polar surface area (TPSA) is 159 Å². The summed E-state index contributed by atoms with van der Waals surface area (Å²) in [6.07, 6.45) is -5.35. The molecule has 116 valence electrons. The van der Waals surface area contributed by atoms with Crippen molar-refractivity contribution in [2.75, 3.05) is 6.61 Å². The molecule has 7 bridgehead atoms. The van der Waals surface area contributed by atoms with Gasteiger partial charge in [-0.3, -0.25) is 0 Å². The molecule has 4 saturated heterocycles. The average molecular weight is 301 g/mol. The highest BCUT2D eigenvalue weighted by molar-refractivity contribution is 5.80. The Labute approximate surface area is 118 Å². The van der Waals surface area contributed by atoms with Crippen LogP contribution in [0.3, 0.4) is 0 Å². The van der Waals surface area contributed by atoms with Crippen LogP contribution in [0.1, 0.15) is 0 Å². The molecule has 10 nitrogen and oxygen atoms in total. The van der Waals surface area contributed by atoms with Crippen LogP contribution in [0, 0.1) is 5.92 Å². The van der Waals surface area contributed by atoms with Crippen molar-refractivity contribution < 1.29 is 34.6 Å². The van der Waals surface area contributed by atoms with Gasteiger partial charge in [-0.25, -0.2) is 4.99 Å². The predicted octanol–water partition coefficient (Wildman–Crippen LogP) is -4.47. The van der Waals surface area contributed by atoms with Crippen molar-refractivity contribution in [3.8, 4) is 0 Å². The van der Waals surface area contributed by atoms with Crippen LogP contribution in [0.5, 0.6) is 0 Å². The summed E-state index contributed by atoms with van der Waals surface area (Å²) in [5.41, 5.74) is 2.70. The molecule has 5 aliphatic heterocycles. The number of nitrogens with two attached hydrogens (primary N) is 1. The zero-order valence-electron chi connectivity index (χ0n) is 10.7. The van der Waals surface area contributed by atoms with E-state index in [1.807, 2.05) is 0 Å². The maximum atomic E-state index is 10.7. The van der Waals surface area contributed by atoms with Crippen molar-refractivity contribution in [2.45, 2.75) is 47.8 Å². The van der Waals surface area contributed by atoms with Gasteiger partial charge in [0.15, 0.2) is 18.3 Å². The number of aliphatic hydroxyl groups excluding tert-OH is 2. The van der Waals surface area contributed by atoms with E-state index < -0.39 is 60.3 Å². The molecule has 0 aromatic rings. The Morgan fingerprint density at radius 3 is 2.71 bits per heavy atom. The Morgan fingerprint density at radius 2 is 2.00 bits per heavy atom. The molecule has 0 aromatic heterocycles. The van der Waals surface area contributed by atoms with Gasteiger partial charge in [-0.2, -0.15) is 0 Å². The number of aliphatic hydroxyl groups is 4. The first-order chi connectivity index (χ1) is 9.87. The minimum atomic E-state index is -2.13. The van der Waals surface area contributed by atoms with Gasteiger partial charge in [0.25, 0.3) is 0 Å². The van der Waals surface area contributed by atoms with Gasteiger partial charge >= 0.3 is 5.97 Å². The average Bonchev–Trinajstić information content (AvgIpc) is 2.59. The Balaban J connectivity index is 1.77. The molecule has 7 N–H and O–H groups in total. The molecule has 0 aromatic carbocycles. The van der Waals surface area contributed by atoms with Crippen LogP contribution >= 0.6 is 0 Å². The maximum Gasteiger partial charge on any atom is 0.311 e. The summed E-state index contributed by atoms with van der Waals surface area (Å²) >= 11 is 0. The zero-order chi connectivity index (χ0) is 14.8. The van der Waals surface area contributed by atoms with E-state index in [1.165, 1.54) is 0 Å². The number of hydrogen-bond acceptors (Lipinski definition) is 10. The second kappa shape index (κ2) is 3.18. The third kappa shape index (κ3) is 1.03. The molecule has 9 atom stereocenters. The third-order valence-electron chi connectivity index (χ3n) is 5.44. The van der Waals surface area contributed by atoms with Gasteiger partial charge in [0.1, 0.15) is 29.5 Å². The lowest BCUT2D eigenvalue weighted by molar-refractivity contribution is -0.529.